The number of para-hydroxylation sites is 2. The lowest BCUT2D eigenvalue weighted by Gasteiger charge is -2.34. The van der Waals surface area contributed by atoms with Gasteiger partial charge in [-0.1, -0.05) is 182 Å². The summed E-state index contributed by atoms with van der Waals surface area (Å²) < 4.78 is 19.5. The minimum atomic E-state index is -0.516. The fourth-order valence-corrected chi connectivity index (χ4v) is 11.6. The fraction of sp³-hybridized carbons (Fsp3) is 0.0156. The number of fused-ring (bicyclic) bond motifs is 12. The molecule has 70 heavy (non-hydrogen) atoms. The molecule has 0 saturated heterocycles. The van der Waals surface area contributed by atoms with Crippen LogP contribution in [0.2, 0.25) is 0 Å². The predicted molar refractivity (Wildman–Crippen MR) is 281 cm³/mol. The molecule has 6 heteroatoms. The van der Waals surface area contributed by atoms with Gasteiger partial charge in [-0.2, -0.15) is 0 Å². The molecule has 0 atom stereocenters. The Hall–Kier alpha value is -9.39. The second kappa shape index (κ2) is 14.8. The first kappa shape index (κ1) is 38.7. The van der Waals surface area contributed by atoms with Crippen LogP contribution in [-0.4, -0.2) is 15.0 Å². The van der Waals surface area contributed by atoms with E-state index in [0.29, 0.717) is 17.5 Å². The average molecular weight is 896 g/mol. The molecule has 0 fully saturated rings. The summed E-state index contributed by atoms with van der Waals surface area (Å²) in [5, 5.41) is 5.79. The second-order valence-corrected chi connectivity index (χ2v) is 18.1. The van der Waals surface area contributed by atoms with Crippen LogP contribution >= 0.6 is 0 Å². The average Bonchev–Trinajstić information content (AvgIpc) is 4.19. The van der Waals surface area contributed by atoms with Crippen LogP contribution in [0.1, 0.15) is 22.3 Å². The Labute approximate surface area is 400 Å². The van der Waals surface area contributed by atoms with Crippen molar-refractivity contribution in [2.75, 3.05) is 0 Å². The lowest BCUT2D eigenvalue weighted by molar-refractivity contribution is 0.668. The summed E-state index contributed by atoms with van der Waals surface area (Å²) in [5.41, 5.74) is 16.4. The summed E-state index contributed by atoms with van der Waals surface area (Å²) in [5.74, 6) is 1.59. The first-order valence-corrected chi connectivity index (χ1v) is 23.6. The largest absolute Gasteiger partial charge is 0.456 e. The lowest BCUT2D eigenvalue weighted by Crippen LogP contribution is -2.28. The SMILES string of the molecule is c1ccc(C2(c3ccccc3)c3ccccc3-c3c(-c4ccc5oc6cccc(-c7nc(-c8cccc9oc%10ccccc%10c89)nc(-c8cccc9oc%10ccccc%10c89)n7)c6c5c4)cccc32)cc1. The Morgan fingerprint density at radius 2 is 0.686 bits per heavy atom. The normalized spacial score (nSPS) is 13.0. The molecule has 0 unspecified atom stereocenters. The van der Waals surface area contributed by atoms with Crippen molar-refractivity contribution >= 4 is 65.8 Å². The smallest absolute Gasteiger partial charge is 0.164 e. The molecule has 326 valence electrons. The Kier molecular flexibility index (Phi) is 8.18. The highest BCUT2D eigenvalue weighted by molar-refractivity contribution is 6.15. The molecule has 15 rings (SSSR count). The number of hydrogen-bond donors (Lipinski definition) is 0. The molecule has 14 aromatic rings. The summed E-state index contributed by atoms with van der Waals surface area (Å²) in [4.78, 5) is 16.1. The highest BCUT2D eigenvalue weighted by Crippen LogP contribution is 2.58. The van der Waals surface area contributed by atoms with E-state index < -0.39 is 5.41 Å². The van der Waals surface area contributed by atoms with E-state index in [4.69, 9.17) is 28.2 Å². The van der Waals surface area contributed by atoms with Gasteiger partial charge in [0.15, 0.2) is 17.5 Å². The first-order chi connectivity index (χ1) is 34.7. The van der Waals surface area contributed by atoms with Crippen molar-refractivity contribution in [3.8, 4) is 56.4 Å². The standard InChI is InChI=1S/C64H37N3O3/c1-3-17-39(18-4-1)64(40-19-5-2-6-20-40)49-28-10-7-21-42(49)57-41(24-13-29-50(57)64)38-35-36-53-48(37-38)60-47(27-16-34-56(60)70-53)63-66-61(45-25-14-32-54-58(45)43-22-8-11-30-51(43)68-54)65-62(67-63)46-26-15-33-55-59(46)44-23-9-12-31-52(44)69-55/h1-37H. The third-order valence-electron chi connectivity index (χ3n) is 14.5. The molecule has 4 heterocycles. The Morgan fingerprint density at radius 3 is 1.24 bits per heavy atom. The summed E-state index contributed by atoms with van der Waals surface area (Å²) in [6.07, 6.45) is 0. The van der Waals surface area contributed by atoms with Crippen LogP contribution in [-0.2, 0) is 5.41 Å². The van der Waals surface area contributed by atoms with E-state index >= 15 is 0 Å². The van der Waals surface area contributed by atoms with E-state index in [1.165, 1.54) is 33.4 Å². The number of hydrogen-bond acceptors (Lipinski definition) is 6. The lowest BCUT2D eigenvalue weighted by atomic mass is 9.67. The van der Waals surface area contributed by atoms with Crippen LogP contribution in [0.4, 0.5) is 0 Å². The van der Waals surface area contributed by atoms with Crippen molar-refractivity contribution in [2.24, 2.45) is 0 Å². The van der Waals surface area contributed by atoms with Gasteiger partial charge in [-0.15, -0.1) is 0 Å². The Bertz CT molecular complexity index is 4260. The van der Waals surface area contributed by atoms with Crippen molar-refractivity contribution < 1.29 is 13.3 Å². The van der Waals surface area contributed by atoms with Crippen molar-refractivity contribution in [1.82, 2.24) is 15.0 Å². The third-order valence-corrected chi connectivity index (χ3v) is 14.5. The van der Waals surface area contributed by atoms with Gasteiger partial charge in [-0.3, -0.25) is 0 Å². The Morgan fingerprint density at radius 1 is 0.286 bits per heavy atom. The van der Waals surface area contributed by atoms with E-state index in [1.54, 1.807) is 0 Å². The molecule has 4 aromatic heterocycles. The molecular weight excluding hydrogens is 859 g/mol. The molecular formula is C64H37N3O3. The van der Waals surface area contributed by atoms with Crippen LogP contribution < -0.4 is 0 Å². The number of rotatable bonds is 6. The van der Waals surface area contributed by atoms with Crippen molar-refractivity contribution in [3.05, 3.63) is 247 Å². The van der Waals surface area contributed by atoms with Gasteiger partial charge < -0.3 is 13.3 Å². The second-order valence-electron chi connectivity index (χ2n) is 18.1. The summed E-state index contributed by atoms with van der Waals surface area (Å²) in [6.45, 7) is 0. The van der Waals surface area contributed by atoms with Crippen LogP contribution in [0.3, 0.4) is 0 Å². The quantitative estimate of drug-likeness (QED) is 0.165. The van der Waals surface area contributed by atoms with Gasteiger partial charge in [-0.05, 0) is 87.0 Å². The van der Waals surface area contributed by atoms with Gasteiger partial charge >= 0.3 is 0 Å². The fourth-order valence-electron chi connectivity index (χ4n) is 11.6. The summed E-state index contributed by atoms with van der Waals surface area (Å²) >= 11 is 0. The molecule has 1 aliphatic rings. The predicted octanol–water partition coefficient (Wildman–Crippen LogP) is 16.6. The van der Waals surface area contributed by atoms with Gasteiger partial charge in [0.2, 0.25) is 0 Å². The van der Waals surface area contributed by atoms with Crippen LogP contribution in [0.15, 0.2) is 238 Å². The summed E-state index contributed by atoms with van der Waals surface area (Å²) in [7, 11) is 0. The number of nitrogens with zero attached hydrogens (tertiary/aromatic N) is 3. The molecule has 0 radical (unpaired) electrons. The number of aromatic nitrogens is 3. The molecule has 0 amide bonds. The maximum absolute atomic E-state index is 6.73. The zero-order valence-electron chi connectivity index (χ0n) is 37.4. The van der Waals surface area contributed by atoms with E-state index in [0.717, 1.165) is 93.6 Å². The highest BCUT2D eigenvalue weighted by atomic mass is 16.3. The Balaban J connectivity index is 0.976. The first-order valence-electron chi connectivity index (χ1n) is 23.6. The van der Waals surface area contributed by atoms with Gasteiger partial charge in [0, 0.05) is 49.0 Å². The third kappa shape index (κ3) is 5.47. The van der Waals surface area contributed by atoms with Crippen LogP contribution in [0.5, 0.6) is 0 Å². The number of benzene rings is 10. The van der Waals surface area contributed by atoms with Gasteiger partial charge in [0.05, 0.1) is 5.41 Å². The van der Waals surface area contributed by atoms with Crippen LogP contribution in [0.25, 0.3) is 122 Å². The highest BCUT2D eigenvalue weighted by Gasteiger charge is 2.46. The minimum absolute atomic E-state index is 0.516. The molecule has 10 aromatic carbocycles. The van der Waals surface area contributed by atoms with Gasteiger partial charge in [0.1, 0.15) is 33.5 Å². The molecule has 1 aliphatic carbocycles. The molecule has 6 nitrogen and oxygen atoms in total. The van der Waals surface area contributed by atoms with E-state index in [1.807, 2.05) is 72.8 Å². The zero-order chi connectivity index (χ0) is 45.9. The van der Waals surface area contributed by atoms with E-state index in [-0.39, 0.29) is 0 Å². The molecule has 0 aliphatic heterocycles. The molecule has 0 bridgehead atoms. The zero-order valence-corrected chi connectivity index (χ0v) is 37.4. The van der Waals surface area contributed by atoms with Gasteiger partial charge in [-0.25, -0.2) is 15.0 Å². The topological polar surface area (TPSA) is 78.1 Å². The summed E-state index contributed by atoms with van der Waals surface area (Å²) in [6, 6.07) is 78.7. The minimum Gasteiger partial charge on any atom is -0.456 e. The van der Waals surface area contributed by atoms with Crippen molar-refractivity contribution in [1.29, 1.82) is 0 Å². The molecule has 0 N–H and O–H groups in total. The van der Waals surface area contributed by atoms with Gasteiger partial charge in [0.25, 0.3) is 0 Å². The maximum Gasteiger partial charge on any atom is 0.164 e. The molecule has 0 spiro atoms. The van der Waals surface area contributed by atoms with Crippen LogP contribution in [0, 0.1) is 0 Å². The maximum atomic E-state index is 6.73. The number of furan rings is 3. The van der Waals surface area contributed by atoms with Crippen molar-refractivity contribution in [3.63, 3.8) is 0 Å². The molecule has 0 saturated carbocycles. The monoisotopic (exact) mass is 895 g/mol. The van der Waals surface area contributed by atoms with Crippen molar-refractivity contribution in [2.45, 2.75) is 5.41 Å². The van der Waals surface area contributed by atoms with E-state index in [2.05, 4.69) is 152 Å². The van der Waals surface area contributed by atoms with E-state index in [9.17, 15) is 0 Å².